The van der Waals surface area contributed by atoms with Crippen molar-refractivity contribution in [2.75, 3.05) is 18.0 Å². The van der Waals surface area contributed by atoms with E-state index in [4.69, 9.17) is 4.42 Å². The van der Waals surface area contributed by atoms with Crippen LogP contribution in [-0.4, -0.2) is 28.0 Å². The van der Waals surface area contributed by atoms with Crippen molar-refractivity contribution in [1.82, 2.24) is 15.0 Å². The number of anilines is 1. The smallest absolute Gasteiger partial charge is 0.225 e. The number of rotatable bonds is 4. The summed E-state index contributed by atoms with van der Waals surface area (Å²) >= 11 is 0. The van der Waals surface area contributed by atoms with Crippen molar-refractivity contribution in [2.24, 2.45) is 0 Å². The van der Waals surface area contributed by atoms with E-state index < -0.39 is 0 Å². The number of halogens is 1. The summed E-state index contributed by atoms with van der Waals surface area (Å²) in [5.74, 6) is 2.14. The van der Waals surface area contributed by atoms with Crippen LogP contribution in [0.2, 0.25) is 0 Å². The second kappa shape index (κ2) is 6.86. The normalized spacial score (nSPS) is 16.6. The van der Waals surface area contributed by atoms with Gasteiger partial charge in [-0.05, 0) is 36.6 Å². The van der Waals surface area contributed by atoms with Crippen LogP contribution in [0.4, 0.5) is 10.3 Å². The highest BCUT2D eigenvalue weighted by Crippen LogP contribution is 2.35. The Morgan fingerprint density at radius 3 is 2.46 bits per heavy atom. The molecule has 0 amide bonds. The number of benzene rings is 1. The van der Waals surface area contributed by atoms with Crippen LogP contribution in [-0.2, 0) is 11.8 Å². The summed E-state index contributed by atoms with van der Waals surface area (Å²) in [6.45, 7) is 3.94. The maximum atomic E-state index is 13.0. The standard InChI is InChI=1S/C20H21FN4O/c1-20(7-11-25(12-8-20)19-22-9-2-10-23-19)18-24-14-17(26-18)13-15-3-5-16(21)6-4-15/h2-6,9-10,14H,7-8,11-13H2,1H3. The highest BCUT2D eigenvalue weighted by atomic mass is 19.1. The summed E-state index contributed by atoms with van der Waals surface area (Å²) in [4.78, 5) is 15.4. The number of aromatic nitrogens is 3. The molecule has 6 heteroatoms. The van der Waals surface area contributed by atoms with Gasteiger partial charge in [0.25, 0.3) is 0 Å². The zero-order valence-corrected chi connectivity index (χ0v) is 14.7. The van der Waals surface area contributed by atoms with Crippen LogP contribution in [0.5, 0.6) is 0 Å². The third-order valence-electron chi connectivity index (χ3n) is 5.06. The SMILES string of the molecule is CC1(c2ncc(Cc3ccc(F)cc3)o2)CCN(c2ncccn2)CC1. The van der Waals surface area contributed by atoms with Crippen molar-refractivity contribution in [2.45, 2.75) is 31.6 Å². The Hall–Kier alpha value is -2.76. The zero-order chi connectivity index (χ0) is 18.0. The minimum Gasteiger partial charge on any atom is -0.445 e. The summed E-state index contributed by atoms with van der Waals surface area (Å²) in [5.41, 5.74) is 0.919. The van der Waals surface area contributed by atoms with Gasteiger partial charge in [0.05, 0.1) is 6.20 Å². The number of oxazole rings is 1. The van der Waals surface area contributed by atoms with Gasteiger partial charge in [-0.3, -0.25) is 0 Å². The van der Waals surface area contributed by atoms with Gasteiger partial charge in [-0.1, -0.05) is 19.1 Å². The van der Waals surface area contributed by atoms with Crippen LogP contribution >= 0.6 is 0 Å². The fourth-order valence-electron chi connectivity index (χ4n) is 3.34. The topological polar surface area (TPSA) is 55.1 Å². The monoisotopic (exact) mass is 352 g/mol. The molecule has 1 fully saturated rings. The van der Waals surface area contributed by atoms with Gasteiger partial charge >= 0.3 is 0 Å². The van der Waals surface area contributed by atoms with Gasteiger partial charge in [-0.15, -0.1) is 0 Å². The number of nitrogens with zero attached hydrogens (tertiary/aromatic N) is 4. The molecule has 0 saturated carbocycles. The third-order valence-corrected chi connectivity index (χ3v) is 5.06. The summed E-state index contributed by atoms with van der Waals surface area (Å²) in [7, 11) is 0. The molecule has 0 bridgehead atoms. The fourth-order valence-corrected chi connectivity index (χ4v) is 3.34. The molecule has 26 heavy (non-hydrogen) atoms. The first-order valence-electron chi connectivity index (χ1n) is 8.84. The molecule has 3 heterocycles. The van der Waals surface area contributed by atoms with Crippen molar-refractivity contribution in [1.29, 1.82) is 0 Å². The predicted octanol–water partition coefficient (Wildman–Crippen LogP) is 3.75. The third kappa shape index (κ3) is 3.45. The highest BCUT2D eigenvalue weighted by Gasteiger charge is 2.36. The lowest BCUT2D eigenvalue weighted by atomic mass is 9.80. The van der Waals surface area contributed by atoms with E-state index in [0.29, 0.717) is 6.42 Å². The molecule has 0 spiro atoms. The summed E-state index contributed by atoms with van der Waals surface area (Å²) in [6.07, 6.45) is 7.81. The molecule has 1 aliphatic heterocycles. The lowest BCUT2D eigenvalue weighted by molar-refractivity contribution is 0.278. The lowest BCUT2D eigenvalue weighted by Crippen LogP contribution is -2.41. The van der Waals surface area contributed by atoms with Gasteiger partial charge in [0, 0.05) is 37.3 Å². The van der Waals surface area contributed by atoms with Crippen molar-refractivity contribution in [3.8, 4) is 0 Å². The van der Waals surface area contributed by atoms with Crippen molar-refractivity contribution in [3.63, 3.8) is 0 Å². The molecule has 0 N–H and O–H groups in total. The van der Waals surface area contributed by atoms with Gasteiger partial charge in [-0.2, -0.15) is 0 Å². The molecular weight excluding hydrogens is 331 g/mol. The van der Waals surface area contributed by atoms with E-state index in [0.717, 1.165) is 49.1 Å². The molecule has 0 radical (unpaired) electrons. The summed E-state index contributed by atoms with van der Waals surface area (Å²) in [5, 5.41) is 0. The second-order valence-electron chi connectivity index (χ2n) is 7.03. The molecule has 0 aliphatic carbocycles. The van der Waals surface area contributed by atoms with Gasteiger partial charge in [-0.25, -0.2) is 19.3 Å². The van der Waals surface area contributed by atoms with Crippen LogP contribution < -0.4 is 4.90 Å². The van der Waals surface area contributed by atoms with E-state index in [-0.39, 0.29) is 11.2 Å². The minimum atomic E-state index is -0.228. The van der Waals surface area contributed by atoms with Crippen LogP contribution in [0, 0.1) is 5.82 Å². The maximum absolute atomic E-state index is 13.0. The number of hydrogen-bond donors (Lipinski definition) is 0. The van der Waals surface area contributed by atoms with Crippen LogP contribution in [0.15, 0.2) is 53.3 Å². The lowest BCUT2D eigenvalue weighted by Gasteiger charge is -2.37. The largest absolute Gasteiger partial charge is 0.445 e. The maximum Gasteiger partial charge on any atom is 0.225 e. The molecule has 2 aromatic heterocycles. The highest BCUT2D eigenvalue weighted by molar-refractivity contribution is 5.30. The average Bonchev–Trinajstić information content (AvgIpc) is 3.14. The van der Waals surface area contributed by atoms with Gasteiger partial charge < -0.3 is 9.32 Å². The van der Waals surface area contributed by atoms with Crippen LogP contribution in [0.1, 0.15) is 37.0 Å². The first-order valence-corrected chi connectivity index (χ1v) is 8.84. The van der Waals surface area contributed by atoms with Gasteiger partial charge in [0.2, 0.25) is 5.95 Å². The molecule has 5 nitrogen and oxygen atoms in total. The Bertz CT molecular complexity index is 855. The summed E-state index contributed by atoms with van der Waals surface area (Å²) < 4.78 is 19.1. The fraction of sp³-hybridized carbons (Fsp3) is 0.350. The van der Waals surface area contributed by atoms with E-state index in [1.165, 1.54) is 12.1 Å². The van der Waals surface area contributed by atoms with Crippen molar-refractivity contribution in [3.05, 3.63) is 72.0 Å². The molecule has 0 unspecified atom stereocenters. The molecule has 0 atom stereocenters. The molecule has 4 rings (SSSR count). The molecular formula is C20H21FN4O. The Morgan fingerprint density at radius 1 is 1.08 bits per heavy atom. The van der Waals surface area contributed by atoms with Gasteiger partial charge in [0.1, 0.15) is 11.6 Å². The molecule has 3 aromatic rings. The van der Waals surface area contributed by atoms with E-state index in [2.05, 4.69) is 26.8 Å². The quantitative estimate of drug-likeness (QED) is 0.716. The molecule has 1 aliphatic rings. The van der Waals surface area contributed by atoms with Gasteiger partial charge in [0.15, 0.2) is 5.89 Å². The second-order valence-corrected chi connectivity index (χ2v) is 7.03. The zero-order valence-electron chi connectivity index (χ0n) is 14.7. The predicted molar refractivity (Wildman–Crippen MR) is 96.5 cm³/mol. The average molecular weight is 352 g/mol. The number of piperidine rings is 1. The Balaban J connectivity index is 1.43. The van der Waals surface area contributed by atoms with E-state index >= 15 is 0 Å². The Kier molecular flexibility index (Phi) is 4.41. The Labute approximate surface area is 151 Å². The summed E-state index contributed by atoms with van der Waals surface area (Å²) in [6, 6.07) is 8.31. The first-order chi connectivity index (χ1) is 12.6. The van der Waals surface area contributed by atoms with Crippen molar-refractivity contribution >= 4 is 5.95 Å². The van der Waals surface area contributed by atoms with E-state index in [1.807, 2.05) is 6.07 Å². The van der Waals surface area contributed by atoms with E-state index in [9.17, 15) is 4.39 Å². The van der Waals surface area contributed by atoms with E-state index in [1.54, 1.807) is 30.7 Å². The molecule has 1 aromatic carbocycles. The molecule has 1 saturated heterocycles. The minimum absolute atomic E-state index is 0.0909. The molecule has 134 valence electrons. The first kappa shape index (κ1) is 16.7. The van der Waals surface area contributed by atoms with Crippen LogP contribution in [0.25, 0.3) is 0 Å². The Morgan fingerprint density at radius 2 is 1.77 bits per heavy atom. The van der Waals surface area contributed by atoms with Crippen molar-refractivity contribution < 1.29 is 8.81 Å². The number of hydrogen-bond acceptors (Lipinski definition) is 5. The van der Waals surface area contributed by atoms with Crippen LogP contribution in [0.3, 0.4) is 0 Å².